The zero-order chi connectivity index (χ0) is 19.0. The van der Waals surface area contributed by atoms with Gasteiger partial charge in [-0.05, 0) is 16.5 Å². The summed E-state index contributed by atoms with van der Waals surface area (Å²) in [6.07, 6.45) is -15.8. The van der Waals surface area contributed by atoms with E-state index in [0.717, 1.165) is 12.7 Å². The molecule has 0 heterocycles. The molecule has 0 aliphatic heterocycles. The number of hydrogen-bond acceptors (Lipinski definition) is 1. The van der Waals surface area contributed by atoms with E-state index in [4.69, 9.17) is 4.74 Å². The van der Waals surface area contributed by atoms with Crippen LogP contribution in [0.2, 0.25) is 0 Å². The molecule has 0 aliphatic rings. The summed E-state index contributed by atoms with van der Waals surface area (Å²) in [6, 6.07) is 5.84. The lowest BCUT2D eigenvalue weighted by atomic mass is 9.85. The van der Waals surface area contributed by atoms with Crippen LogP contribution in [-0.2, 0) is 10.2 Å². The van der Waals surface area contributed by atoms with Gasteiger partial charge in [-0.15, -0.1) is 0 Å². The molecule has 1 nitrogen and oxygen atoms in total. The summed E-state index contributed by atoms with van der Waals surface area (Å²) < 4.78 is 94.7. The molecule has 0 saturated heterocycles. The number of halogens is 7. The maximum Gasteiger partial charge on any atom is 0.431 e. The number of alkyl halides is 7. The summed E-state index contributed by atoms with van der Waals surface area (Å²) in [7, 11) is 0.940. The Hall–Kier alpha value is -1.31. The van der Waals surface area contributed by atoms with E-state index in [0.29, 0.717) is 0 Å². The highest BCUT2D eigenvalue weighted by molar-refractivity contribution is 5.29. The van der Waals surface area contributed by atoms with E-state index in [2.05, 4.69) is 0 Å². The summed E-state index contributed by atoms with van der Waals surface area (Å²) in [6.45, 7) is 5.70. The predicted molar refractivity (Wildman–Crippen MR) is 75.5 cm³/mol. The third-order valence-corrected chi connectivity index (χ3v) is 3.80. The van der Waals surface area contributed by atoms with Crippen LogP contribution in [0.15, 0.2) is 24.3 Å². The fourth-order valence-electron chi connectivity index (χ4n) is 2.18. The van der Waals surface area contributed by atoms with Crippen molar-refractivity contribution in [3.8, 4) is 0 Å². The van der Waals surface area contributed by atoms with Crippen LogP contribution < -0.4 is 0 Å². The van der Waals surface area contributed by atoms with Gasteiger partial charge in [-0.3, -0.25) is 0 Å². The number of methoxy groups -OCH3 is 1. The molecule has 0 N–H and O–H groups in total. The molecular weight excluding hydrogens is 341 g/mol. The molecule has 1 rings (SSSR count). The van der Waals surface area contributed by atoms with Crippen LogP contribution in [0, 0.1) is 0 Å². The molecule has 8 heteroatoms. The van der Waals surface area contributed by atoms with Crippen LogP contribution >= 0.6 is 0 Å². The van der Waals surface area contributed by atoms with Crippen LogP contribution in [0.5, 0.6) is 0 Å². The smallest absolute Gasteiger partial charge is 0.377 e. The van der Waals surface area contributed by atoms with Crippen LogP contribution in [0.3, 0.4) is 0 Å². The Bertz CT molecular complexity index is 524. The zero-order valence-corrected chi connectivity index (χ0v) is 13.6. The third-order valence-electron chi connectivity index (χ3n) is 3.80. The second kappa shape index (κ2) is 6.54. The van der Waals surface area contributed by atoms with Gasteiger partial charge >= 0.3 is 18.0 Å². The molecule has 0 saturated carbocycles. The zero-order valence-electron chi connectivity index (χ0n) is 13.6. The number of ether oxygens (including phenoxy) is 1. The van der Waals surface area contributed by atoms with E-state index >= 15 is 0 Å². The molecule has 0 fully saturated rings. The molecule has 0 radical (unpaired) electrons. The second-order valence-electron chi connectivity index (χ2n) is 6.60. The molecule has 24 heavy (non-hydrogen) atoms. The van der Waals surface area contributed by atoms with Gasteiger partial charge in [0.2, 0.25) is 0 Å². The van der Waals surface area contributed by atoms with Gasteiger partial charge in [0.25, 0.3) is 0 Å². The number of rotatable bonds is 4. The topological polar surface area (TPSA) is 9.23 Å². The molecule has 1 aromatic rings. The van der Waals surface area contributed by atoms with Crippen molar-refractivity contribution in [3.05, 3.63) is 35.4 Å². The first-order valence-electron chi connectivity index (χ1n) is 7.09. The van der Waals surface area contributed by atoms with Gasteiger partial charge in [-0.2, -0.15) is 26.3 Å². The minimum Gasteiger partial charge on any atom is -0.377 e. The Morgan fingerprint density at radius 2 is 1.25 bits per heavy atom. The first-order valence-corrected chi connectivity index (χ1v) is 7.09. The first kappa shape index (κ1) is 20.7. The van der Waals surface area contributed by atoms with E-state index in [1.54, 1.807) is 12.1 Å². The summed E-state index contributed by atoms with van der Waals surface area (Å²) in [4.78, 5) is 0. The summed E-state index contributed by atoms with van der Waals surface area (Å²) >= 11 is 0. The maximum absolute atomic E-state index is 13.9. The Kier molecular flexibility index (Phi) is 5.65. The van der Waals surface area contributed by atoms with E-state index in [9.17, 15) is 30.7 Å². The lowest BCUT2D eigenvalue weighted by Gasteiger charge is -2.32. The Balaban J connectivity index is 3.18. The van der Waals surface area contributed by atoms with E-state index in [1.165, 1.54) is 12.1 Å². The van der Waals surface area contributed by atoms with Crippen LogP contribution in [0.4, 0.5) is 30.7 Å². The van der Waals surface area contributed by atoms with Crippen LogP contribution in [0.25, 0.3) is 0 Å². The molecule has 1 atom stereocenters. The van der Waals surface area contributed by atoms with Gasteiger partial charge in [0.15, 0.2) is 0 Å². The monoisotopic (exact) mass is 360 g/mol. The molecule has 0 aliphatic carbocycles. The second-order valence-corrected chi connectivity index (χ2v) is 6.60. The average molecular weight is 360 g/mol. The summed E-state index contributed by atoms with van der Waals surface area (Å²) in [5.41, 5.74) is -4.72. The van der Waals surface area contributed by atoms with Gasteiger partial charge in [0.1, 0.15) is 0 Å². The highest BCUT2D eigenvalue weighted by Gasteiger charge is 2.72. The van der Waals surface area contributed by atoms with E-state index in [1.807, 2.05) is 20.8 Å². The van der Waals surface area contributed by atoms with Gasteiger partial charge in [0, 0.05) is 13.5 Å². The normalized spacial score (nSPS) is 15.5. The Morgan fingerprint density at radius 1 is 0.833 bits per heavy atom. The molecule has 138 valence electrons. The SMILES string of the molecule is COC(CC(F)(C(F)(F)F)C(F)(F)F)c1ccc(C(C)(C)C)cc1. The van der Waals surface area contributed by atoms with E-state index < -0.39 is 30.5 Å². The highest BCUT2D eigenvalue weighted by atomic mass is 19.4. The number of hydrogen-bond donors (Lipinski definition) is 0. The van der Waals surface area contributed by atoms with Crippen molar-refractivity contribution < 1.29 is 35.5 Å². The summed E-state index contributed by atoms with van der Waals surface area (Å²) in [5.74, 6) is 0. The Morgan fingerprint density at radius 3 is 1.54 bits per heavy atom. The molecular formula is C16H19F7O. The van der Waals surface area contributed by atoms with Gasteiger partial charge in [0.05, 0.1) is 6.10 Å². The van der Waals surface area contributed by atoms with Gasteiger partial charge in [-0.1, -0.05) is 45.0 Å². The van der Waals surface area contributed by atoms with Crippen molar-refractivity contribution in [2.45, 2.75) is 56.7 Å². The summed E-state index contributed by atoms with van der Waals surface area (Å²) in [5, 5.41) is 0. The maximum atomic E-state index is 13.9. The van der Waals surface area contributed by atoms with Crippen molar-refractivity contribution in [2.75, 3.05) is 7.11 Å². The third kappa shape index (κ3) is 4.20. The molecule has 0 amide bonds. The van der Waals surface area contributed by atoms with Crippen LogP contribution in [-0.4, -0.2) is 25.1 Å². The van der Waals surface area contributed by atoms with Crippen molar-refractivity contribution in [2.24, 2.45) is 0 Å². The van der Waals surface area contributed by atoms with Crippen molar-refractivity contribution in [1.82, 2.24) is 0 Å². The average Bonchev–Trinajstić information content (AvgIpc) is 2.41. The van der Waals surface area contributed by atoms with Gasteiger partial charge in [-0.25, -0.2) is 4.39 Å². The predicted octanol–water partition coefficient (Wildman–Crippen LogP) is 5.89. The fraction of sp³-hybridized carbons (Fsp3) is 0.625. The Labute approximate surface area is 135 Å². The standard InChI is InChI=1S/C16H19F7O/c1-13(2,3)11-7-5-10(6-8-11)12(24-4)9-14(17,15(18,19)20)16(21,22)23/h5-8,12H,9H2,1-4H3. The minimum atomic E-state index is -6.09. The molecule has 0 aromatic heterocycles. The number of benzene rings is 1. The van der Waals surface area contributed by atoms with Crippen molar-refractivity contribution in [3.63, 3.8) is 0 Å². The highest BCUT2D eigenvalue weighted by Crippen LogP contribution is 2.51. The van der Waals surface area contributed by atoms with Crippen LogP contribution in [0.1, 0.15) is 44.4 Å². The first-order chi connectivity index (χ1) is 10.6. The fourth-order valence-corrected chi connectivity index (χ4v) is 2.18. The lowest BCUT2D eigenvalue weighted by molar-refractivity contribution is -0.348. The van der Waals surface area contributed by atoms with Crippen molar-refractivity contribution >= 4 is 0 Å². The largest absolute Gasteiger partial charge is 0.431 e. The van der Waals surface area contributed by atoms with Crippen molar-refractivity contribution in [1.29, 1.82) is 0 Å². The molecule has 1 unspecified atom stereocenters. The van der Waals surface area contributed by atoms with Gasteiger partial charge < -0.3 is 4.74 Å². The molecule has 0 spiro atoms. The van der Waals surface area contributed by atoms with E-state index in [-0.39, 0.29) is 11.0 Å². The minimum absolute atomic E-state index is 0.0426. The lowest BCUT2D eigenvalue weighted by Crippen LogP contribution is -2.54. The molecule has 1 aromatic carbocycles. The molecule has 0 bridgehead atoms. The quantitative estimate of drug-likeness (QED) is 0.608.